The van der Waals surface area contributed by atoms with E-state index in [0.717, 1.165) is 22.2 Å². The van der Waals surface area contributed by atoms with Gasteiger partial charge in [0.15, 0.2) is 0 Å². The summed E-state index contributed by atoms with van der Waals surface area (Å²) in [5.41, 5.74) is 3.19. The van der Waals surface area contributed by atoms with Crippen LogP contribution in [0.4, 0.5) is 0 Å². The van der Waals surface area contributed by atoms with Gasteiger partial charge in [-0.05, 0) is 24.3 Å². The van der Waals surface area contributed by atoms with Gasteiger partial charge in [-0.3, -0.25) is 4.55 Å². The second kappa shape index (κ2) is 5.88. The van der Waals surface area contributed by atoms with Crippen molar-refractivity contribution >= 4 is 21.0 Å². The molecule has 4 nitrogen and oxygen atoms in total. The fourth-order valence-electron chi connectivity index (χ4n) is 3.11. The summed E-state index contributed by atoms with van der Waals surface area (Å²) in [4.78, 5) is -0.0917. The lowest BCUT2D eigenvalue weighted by Gasteiger charge is -2.06. The first-order valence-corrected chi connectivity index (χ1v) is 9.22. The second-order valence-electron chi connectivity index (χ2n) is 5.74. The monoisotopic (exact) mass is 349 g/mol. The Labute approximate surface area is 145 Å². The zero-order valence-corrected chi connectivity index (χ0v) is 14.0. The summed E-state index contributed by atoms with van der Waals surface area (Å²) in [6, 6.07) is 24.1. The quantitative estimate of drug-likeness (QED) is 0.552. The summed E-state index contributed by atoms with van der Waals surface area (Å²) in [6.07, 6.45) is 1.91. The molecule has 124 valence electrons. The minimum Gasteiger partial charge on any atom is -0.316 e. The Balaban J connectivity index is 2.06. The SMILES string of the molecule is O=S(=O)(O)c1ccccc1-c1cn(-c2ccccc2)c2ccccc12. The van der Waals surface area contributed by atoms with Gasteiger partial charge in [0, 0.05) is 28.4 Å². The van der Waals surface area contributed by atoms with E-state index in [0.29, 0.717) is 5.56 Å². The van der Waals surface area contributed by atoms with Crippen LogP contribution in [-0.2, 0) is 10.1 Å². The molecular weight excluding hydrogens is 334 g/mol. The van der Waals surface area contributed by atoms with Crippen LogP contribution in [0.1, 0.15) is 0 Å². The van der Waals surface area contributed by atoms with Crippen molar-refractivity contribution in [2.24, 2.45) is 0 Å². The van der Waals surface area contributed by atoms with Gasteiger partial charge in [-0.2, -0.15) is 8.42 Å². The van der Waals surface area contributed by atoms with Gasteiger partial charge in [0.1, 0.15) is 4.90 Å². The molecule has 0 aliphatic heterocycles. The van der Waals surface area contributed by atoms with Gasteiger partial charge >= 0.3 is 0 Å². The van der Waals surface area contributed by atoms with E-state index < -0.39 is 10.1 Å². The molecule has 1 heterocycles. The van der Waals surface area contributed by atoms with Gasteiger partial charge in [0.05, 0.1) is 5.52 Å². The topological polar surface area (TPSA) is 59.3 Å². The van der Waals surface area contributed by atoms with Crippen LogP contribution in [0.15, 0.2) is 90.0 Å². The van der Waals surface area contributed by atoms with Gasteiger partial charge < -0.3 is 4.57 Å². The smallest absolute Gasteiger partial charge is 0.295 e. The Morgan fingerprint density at radius 2 is 1.36 bits per heavy atom. The van der Waals surface area contributed by atoms with Crippen LogP contribution in [0.5, 0.6) is 0 Å². The van der Waals surface area contributed by atoms with Gasteiger partial charge in [-0.1, -0.05) is 54.6 Å². The van der Waals surface area contributed by atoms with E-state index >= 15 is 0 Å². The first-order valence-electron chi connectivity index (χ1n) is 7.78. The Morgan fingerprint density at radius 1 is 0.720 bits per heavy atom. The fourth-order valence-corrected chi connectivity index (χ4v) is 3.82. The summed E-state index contributed by atoms with van der Waals surface area (Å²) in [6.45, 7) is 0. The first-order chi connectivity index (χ1) is 12.1. The number of fused-ring (bicyclic) bond motifs is 1. The molecule has 5 heteroatoms. The van der Waals surface area contributed by atoms with Gasteiger partial charge in [0.25, 0.3) is 10.1 Å². The van der Waals surface area contributed by atoms with E-state index in [4.69, 9.17) is 0 Å². The molecule has 0 aliphatic carbocycles. The molecule has 0 bridgehead atoms. The minimum atomic E-state index is -4.31. The van der Waals surface area contributed by atoms with Crippen molar-refractivity contribution in [1.29, 1.82) is 0 Å². The molecule has 1 N–H and O–H groups in total. The predicted molar refractivity (Wildman–Crippen MR) is 98.5 cm³/mol. The molecule has 0 radical (unpaired) electrons. The first kappa shape index (κ1) is 15.6. The molecule has 0 saturated heterocycles. The molecule has 0 atom stereocenters. The Morgan fingerprint density at radius 3 is 2.12 bits per heavy atom. The van der Waals surface area contributed by atoms with Crippen molar-refractivity contribution in [2.75, 3.05) is 0 Å². The molecule has 0 spiro atoms. The highest BCUT2D eigenvalue weighted by atomic mass is 32.2. The summed E-state index contributed by atoms with van der Waals surface area (Å²) in [5, 5.41) is 0.919. The summed E-state index contributed by atoms with van der Waals surface area (Å²) in [5.74, 6) is 0. The molecule has 25 heavy (non-hydrogen) atoms. The van der Waals surface area contributed by atoms with Gasteiger partial charge in [-0.15, -0.1) is 0 Å². The van der Waals surface area contributed by atoms with E-state index in [9.17, 15) is 13.0 Å². The Bertz CT molecular complexity index is 1160. The van der Waals surface area contributed by atoms with E-state index in [2.05, 4.69) is 0 Å². The van der Waals surface area contributed by atoms with Gasteiger partial charge in [-0.25, -0.2) is 0 Å². The molecule has 1 aromatic heterocycles. The lowest BCUT2D eigenvalue weighted by Crippen LogP contribution is -2.00. The van der Waals surface area contributed by atoms with Crippen LogP contribution < -0.4 is 0 Å². The lowest BCUT2D eigenvalue weighted by molar-refractivity contribution is 0.483. The van der Waals surface area contributed by atoms with Gasteiger partial charge in [0.2, 0.25) is 0 Å². The average Bonchev–Trinajstić information content (AvgIpc) is 3.01. The molecule has 0 aliphatic rings. The zero-order valence-electron chi connectivity index (χ0n) is 13.2. The van der Waals surface area contributed by atoms with Crippen molar-refractivity contribution < 1.29 is 13.0 Å². The number of para-hydroxylation sites is 2. The van der Waals surface area contributed by atoms with E-state index in [1.54, 1.807) is 18.2 Å². The number of rotatable bonds is 3. The number of nitrogens with zero attached hydrogens (tertiary/aromatic N) is 1. The normalized spacial score (nSPS) is 11.7. The van der Waals surface area contributed by atoms with E-state index in [-0.39, 0.29) is 4.90 Å². The average molecular weight is 349 g/mol. The molecule has 4 rings (SSSR count). The van der Waals surface area contributed by atoms with Crippen LogP contribution in [0.25, 0.3) is 27.7 Å². The largest absolute Gasteiger partial charge is 0.316 e. The van der Waals surface area contributed by atoms with Crippen molar-refractivity contribution in [3.05, 3.63) is 85.1 Å². The fraction of sp³-hybridized carbons (Fsp3) is 0. The van der Waals surface area contributed by atoms with Crippen LogP contribution in [-0.4, -0.2) is 17.5 Å². The van der Waals surface area contributed by atoms with Crippen LogP contribution >= 0.6 is 0 Å². The Hall–Kier alpha value is -2.89. The molecule has 0 fully saturated rings. The highest BCUT2D eigenvalue weighted by Gasteiger charge is 2.19. The maximum atomic E-state index is 11.8. The summed E-state index contributed by atoms with van der Waals surface area (Å²) < 4.78 is 35.2. The molecule has 0 unspecified atom stereocenters. The third-order valence-electron chi connectivity index (χ3n) is 4.20. The molecule has 4 aromatic rings. The summed E-state index contributed by atoms with van der Waals surface area (Å²) >= 11 is 0. The molecule has 0 amide bonds. The predicted octanol–water partition coefficient (Wildman–Crippen LogP) is 4.54. The van der Waals surface area contributed by atoms with Crippen molar-refractivity contribution in [3.8, 4) is 16.8 Å². The van der Waals surface area contributed by atoms with E-state index in [1.165, 1.54) is 6.07 Å². The van der Waals surface area contributed by atoms with Crippen molar-refractivity contribution in [3.63, 3.8) is 0 Å². The third kappa shape index (κ3) is 2.73. The van der Waals surface area contributed by atoms with Crippen LogP contribution in [0.2, 0.25) is 0 Å². The highest BCUT2D eigenvalue weighted by molar-refractivity contribution is 7.86. The number of hydrogen-bond acceptors (Lipinski definition) is 2. The molecule has 0 saturated carbocycles. The van der Waals surface area contributed by atoms with Crippen molar-refractivity contribution in [2.45, 2.75) is 4.90 Å². The Kier molecular flexibility index (Phi) is 3.67. The van der Waals surface area contributed by atoms with E-state index in [1.807, 2.05) is 65.4 Å². The standard InChI is InChI=1S/C20H15NO3S/c22-25(23,24)20-13-7-5-11-17(20)18-14-21(15-8-2-1-3-9-15)19-12-6-4-10-16(18)19/h1-14H,(H,22,23,24). The number of aromatic nitrogens is 1. The minimum absolute atomic E-state index is 0.0917. The number of benzene rings is 3. The van der Waals surface area contributed by atoms with Crippen LogP contribution in [0.3, 0.4) is 0 Å². The lowest BCUT2D eigenvalue weighted by atomic mass is 10.1. The van der Waals surface area contributed by atoms with Crippen molar-refractivity contribution in [1.82, 2.24) is 4.57 Å². The molecule has 3 aromatic carbocycles. The maximum Gasteiger partial charge on any atom is 0.295 e. The summed E-state index contributed by atoms with van der Waals surface area (Å²) in [7, 11) is -4.31. The number of hydrogen-bond donors (Lipinski definition) is 1. The second-order valence-corrected chi connectivity index (χ2v) is 7.13. The maximum absolute atomic E-state index is 11.8. The van der Waals surface area contributed by atoms with Crippen LogP contribution in [0, 0.1) is 0 Å². The highest BCUT2D eigenvalue weighted by Crippen LogP contribution is 2.35. The zero-order chi connectivity index (χ0) is 17.4. The molecular formula is C20H15NO3S. The third-order valence-corrected chi connectivity index (χ3v) is 5.11.